The molecule has 1 aromatic heterocycles. The molecule has 1 aliphatic rings. The van der Waals surface area contributed by atoms with E-state index in [-0.39, 0.29) is 0 Å². The molecule has 0 saturated carbocycles. The molecule has 1 unspecified atom stereocenters. The Morgan fingerprint density at radius 2 is 2.32 bits per heavy atom. The van der Waals surface area contributed by atoms with Gasteiger partial charge < -0.3 is 10.1 Å². The average molecular weight is 282 g/mol. The van der Waals surface area contributed by atoms with E-state index >= 15 is 0 Å². The molecule has 1 N–H and O–H groups in total. The summed E-state index contributed by atoms with van der Waals surface area (Å²) in [5.74, 6) is 0. The number of methoxy groups -OCH3 is 1. The molecular weight excluding hydrogens is 256 g/mol. The molecule has 19 heavy (non-hydrogen) atoms. The van der Waals surface area contributed by atoms with Gasteiger partial charge in [-0.2, -0.15) is 0 Å². The fourth-order valence-corrected chi connectivity index (χ4v) is 3.51. The highest BCUT2D eigenvalue weighted by Gasteiger charge is 2.22. The lowest BCUT2D eigenvalue weighted by molar-refractivity contribution is 0.107. The van der Waals surface area contributed by atoms with Gasteiger partial charge in [-0.3, -0.25) is 4.90 Å². The number of aryl methyl sites for hydroxylation is 1. The Morgan fingerprint density at radius 1 is 1.53 bits per heavy atom. The molecule has 0 radical (unpaired) electrons. The third-order valence-electron chi connectivity index (χ3n) is 3.71. The molecule has 0 aliphatic carbocycles. The van der Waals surface area contributed by atoms with Gasteiger partial charge in [-0.25, -0.2) is 0 Å². The largest absolute Gasteiger partial charge is 0.380 e. The highest BCUT2D eigenvalue weighted by atomic mass is 32.1. The van der Waals surface area contributed by atoms with Gasteiger partial charge in [-0.15, -0.1) is 11.3 Å². The standard InChI is InChI=1S/C15H26N2OS/c1-11(2)16-8-15-7-13(12(3)19-15)9-17-6-5-14(10-17)18-4/h7,11,14,16H,5-6,8-10H2,1-4H3. The summed E-state index contributed by atoms with van der Waals surface area (Å²) in [5, 5.41) is 3.49. The minimum absolute atomic E-state index is 0.431. The van der Waals surface area contributed by atoms with Crippen molar-refractivity contribution in [2.24, 2.45) is 0 Å². The topological polar surface area (TPSA) is 24.5 Å². The summed E-state index contributed by atoms with van der Waals surface area (Å²) in [6, 6.07) is 2.92. The van der Waals surface area contributed by atoms with Crippen molar-refractivity contribution in [2.45, 2.75) is 52.4 Å². The van der Waals surface area contributed by atoms with E-state index < -0.39 is 0 Å². The van der Waals surface area contributed by atoms with E-state index in [1.165, 1.54) is 21.7 Å². The van der Waals surface area contributed by atoms with E-state index in [1.807, 2.05) is 18.4 Å². The van der Waals surface area contributed by atoms with Gasteiger partial charge in [-0.1, -0.05) is 13.8 Å². The van der Waals surface area contributed by atoms with Gasteiger partial charge in [0.25, 0.3) is 0 Å². The molecule has 1 aliphatic heterocycles. The van der Waals surface area contributed by atoms with E-state index in [9.17, 15) is 0 Å². The maximum Gasteiger partial charge on any atom is 0.0710 e. The van der Waals surface area contributed by atoms with Gasteiger partial charge in [0.1, 0.15) is 0 Å². The molecule has 0 bridgehead atoms. The highest BCUT2D eigenvalue weighted by molar-refractivity contribution is 7.12. The van der Waals surface area contributed by atoms with Crippen LogP contribution in [0.1, 0.15) is 35.6 Å². The summed E-state index contributed by atoms with van der Waals surface area (Å²) in [6.07, 6.45) is 1.60. The van der Waals surface area contributed by atoms with Crippen molar-refractivity contribution >= 4 is 11.3 Å². The molecule has 1 saturated heterocycles. The molecule has 0 aromatic carbocycles. The fraction of sp³-hybridized carbons (Fsp3) is 0.733. The summed E-state index contributed by atoms with van der Waals surface area (Å²) < 4.78 is 5.43. The summed E-state index contributed by atoms with van der Waals surface area (Å²) in [4.78, 5) is 5.41. The van der Waals surface area contributed by atoms with Gasteiger partial charge in [0.2, 0.25) is 0 Å². The van der Waals surface area contributed by atoms with Crippen LogP contribution in [0.3, 0.4) is 0 Å². The van der Waals surface area contributed by atoms with Crippen LogP contribution in [0.4, 0.5) is 0 Å². The zero-order valence-electron chi connectivity index (χ0n) is 12.5. The summed E-state index contributed by atoms with van der Waals surface area (Å²) in [6.45, 7) is 10.9. The number of ether oxygens (including phenoxy) is 1. The monoisotopic (exact) mass is 282 g/mol. The Morgan fingerprint density at radius 3 is 2.95 bits per heavy atom. The number of rotatable bonds is 6. The summed E-state index contributed by atoms with van der Waals surface area (Å²) >= 11 is 1.93. The van der Waals surface area contributed by atoms with Crippen LogP contribution in [-0.2, 0) is 17.8 Å². The first-order valence-electron chi connectivity index (χ1n) is 7.15. The molecule has 0 amide bonds. The Bertz CT molecular complexity index is 403. The van der Waals surface area contributed by atoms with Gasteiger partial charge in [0.15, 0.2) is 0 Å². The van der Waals surface area contributed by atoms with Crippen LogP contribution in [0, 0.1) is 6.92 Å². The van der Waals surface area contributed by atoms with E-state index in [4.69, 9.17) is 4.74 Å². The van der Waals surface area contributed by atoms with Gasteiger partial charge >= 0.3 is 0 Å². The Labute approximate surface area is 121 Å². The van der Waals surface area contributed by atoms with Crippen molar-refractivity contribution in [3.05, 3.63) is 21.4 Å². The molecule has 1 aromatic rings. The van der Waals surface area contributed by atoms with Crippen molar-refractivity contribution < 1.29 is 4.74 Å². The number of hydrogen-bond acceptors (Lipinski definition) is 4. The maximum absolute atomic E-state index is 5.43. The zero-order chi connectivity index (χ0) is 13.8. The number of likely N-dealkylation sites (tertiary alicyclic amines) is 1. The first-order chi connectivity index (χ1) is 9.08. The van der Waals surface area contributed by atoms with Crippen LogP contribution >= 0.6 is 11.3 Å². The Kier molecular flexibility index (Phi) is 5.39. The lowest BCUT2D eigenvalue weighted by atomic mass is 10.2. The van der Waals surface area contributed by atoms with Crippen molar-refractivity contribution in [1.29, 1.82) is 0 Å². The molecule has 108 valence electrons. The molecule has 4 heteroatoms. The minimum atomic E-state index is 0.431. The normalized spacial score (nSPS) is 20.6. The van der Waals surface area contributed by atoms with Crippen molar-refractivity contribution in [1.82, 2.24) is 10.2 Å². The van der Waals surface area contributed by atoms with Crippen molar-refractivity contribution in [3.63, 3.8) is 0 Å². The third kappa shape index (κ3) is 4.28. The summed E-state index contributed by atoms with van der Waals surface area (Å²) in [5.41, 5.74) is 1.49. The van der Waals surface area contributed by atoms with E-state index in [0.717, 1.165) is 26.2 Å². The lowest BCUT2D eigenvalue weighted by Crippen LogP contribution is -2.22. The van der Waals surface area contributed by atoms with Gasteiger partial charge in [0.05, 0.1) is 6.10 Å². The van der Waals surface area contributed by atoms with Crippen LogP contribution in [-0.4, -0.2) is 37.2 Å². The summed E-state index contributed by atoms with van der Waals surface area (Å²) in [7, 11) is 1.82. The fourth-order valence-electron chi connectivity index (χ4n) is 2.51. The van der Waals surface area contributed by atoms with Crippen molar-refractivity contribution in [3.8, 4) is 0 Å². The van der Waals surface area contributed by atoms with Crippen LogP contribution in [0.5, 0.6) is 0 Å². The van der Waals surface area contributed by atoms with Crippen LogP contribution in [0.25, 0.3) is 0 Å². The second-order valence-electron chi connectivity index (χ2n) is 5.71. The maximum atomic E-state index is 5.43. The van der Waals surface area contributed by atoms with Crippen LogP contribution < -0.4 is 5.32 Å². The minimum Gasteiger partial charge on any atom is -0.380 e. The number of nitrogens with zero attached hydrogens (tertiary/aromatic N) is 1. The van der Waals surface area contributed by atoms with Gasteiger partial charge in [-0.05, 0) is 25.0 Å². The molecule has 1 atom stereocenters. The van der Waals surface area contributed by atoms with E-state index in [2.05, 4.69) is 37.1 Å². The number of nitrogens with one attached hydrogen (secondary N) is 1. The van der Waals surface area contributed by atoms with E-state index in [1.54, 1.807) is 0 Å². The zero-order valence-corrected chi connectivity index (χ0v) is 13.3. The average Bonchev–Trinajstić information content (AvgIpc) is 2.95. The van der Waals surface area contributed by atoms with Crippen LogP contribution in [0.15, 0.2) is 6.07 Å². The first kappa shape index (κ1) is 15.0. The predicted octanol–water partition coefficient (Wildman–Crippen LogP) is 2.78. The van der Waals surface area contributed by atoms with Gasteiger partial charge in [0, 0.05) is 49.1 Å². The molecule has 3 nitrogen and oxygen atoms in total. The molecular formula is C15H26N2OS. The Balaban J connectivity index is 1.90. The number of hydrogen-bond donors (Lipinski definition) is 1. The lowest BCUT2D eigenvalue weighted by Gasteiger charge is -2.15. The highest BCUT2D eigenvalue weighted by Crippen LogP contribution is 2.24. The third-order valence-corrected chi connectivity index (χ3v) is 4.81. The Hall–Kier alpha value is -0.420. The SMILES string of the molecule is COC1CCN(Cc2cc(CNC(C)C)sc2C)C1. The second kappa shape index (κ2) is 6.84. The first-order valence-corrected chi connectivity index (χ1v) is 7.97. The van der Waals surface area contributed by atoms with E-state index in [0.29, 0.717) is 12.1 Å². The smallest absolute Gasteiger partial charge is 0.0710 e. The second-order valence-corrected chi connectivity index (χ2v) is 7.05. The molecule has 1 fully saturated rings. The number of thiophene rings is 1. The molecule has 2 rings (SSSR count). The molecule has 0 spiro atoms. The molecule has 2 heterocycles. The van der Waals surface area contributed by atoms with Crippen LogP contribution in [0.2, 0.25) is 0 Å². The van der Waals surface area contributed by atoms with Crippen molar-refractivity contribution in [2.75, 3.05) is 20.2 Å². The quantitative estimate of drug-likeness (QED) is 0.868. The predicted molar refractivity (Wildman–Crippen MR) is 81.7 cm³/mol.